The predicted octanol–water partition coefficient (Wildman–Crippen LogP) is 4.39. The molecule has 0 unspecified atom stereocenters. The minimum absolute atomic E-state index is 0.513. The maximum Gasteiger partial charge on any atom is 0.171 e. The summed E-state index contributed by atoms with van der Waals surface area (Å²) in [5.74, 6) is 0. The van der Waals surface area contributed by atoms with Crippen molar-refractivity contribution in [2.45, 2.75) is 77.4 Å². The van der Waals surface area contributed by atoms with E-state index in [0.29, 0.717) is 6.04 Å². The zero-order valence-corrected chi connectivity index (χ0v) is 16.1. The number of fused-ring (bicyclic) bond motifs is 2. The summed E-state index contributed by atoms with van der Waals surface area (Å²) >= 11 is 5.60. The van der Waals surface area contributed by atoms with Crippen molar-refractivity contribution < 1.29 is 0 Å². The number of benzene rings is 1. The summed E-state index contributed by atoms with van der Waals surface area (Å²) in [6, 6.07) is 8.47. The van der Waals surface area contributed by atoms with Crippen molar-refractivity contribution in [3.8, 4) is 0 Å². The molecule has 0 aliphatic carbocycles. The van der Waals surface area contributed by atoms with E-state index in [1.165, 1.54) is 56.2 Å². The maximum absolute atomic E-state index is 5.60. The molecule has 0 saturated carbocycles. The van der Waals surface area contributed by atoms with E-state index in [4.69, 9.17) is 12.2 Å². The van der Waals surface area contributed by atoms with Gasteiger partial charge in [0.2, 0.25) is 0 Å². The monoisotopic (exact) mass is 345 g/mol. The van der Waals surface area contributed by atoms with Crippen LogP contribution in [0.15, 0.2) is 18.2 Å². The van der Waals surface area contributed by atoms with Gasteiger partial charge in [0.05, 0.1) is 0 Å². The van der Waals surface area contributed by atoms with Gasteiger partial charge in [-0.15, -0.1) is 0 Å². The van der Waals surface area contributed by atoms with E-state index >= 15 is 0 Å². The highest BCUT2D eigenvalue weighted by atomic mass is 32.1. The summed E-state index contributed by atoms with van der Waals surface area (Å²) in [5, 5.41) is 7.78. The van der Waals surface area contributed by atoms with E-state index in [9.17, 15) is 0 Å². The largest absolute Gasteiger partial charge is 0.360 e. The first-order valence-electron chi connectivity index (χ1n) is 9.47. The lowest BCUT2D eigenvalue weighted by Crippen LogP contribution is -2.57. The summed E-state index contributed by atoms with van der Waals surface area (Å²) in [6.07, 6.45) is 7.82. The minimum atomic E-state index is 0.513. The maximum atomic E-state index is 5.60. The van der Waals surface area contributed by atoms with Gasteiger partial charge in [0.25, 0.3) is 0 Å². The Bertz CT molecular complexity index is 572. The Balaban J connectivity index is 1.58. The predicted molar refractivity (Wildman–Crippen MR) is 107 cm³/mol. The van der Waals surface area contributed by atoms with Crippen LogP contribution in [0.25, 0.3) is 0 Å². The van der Waals surface area contributed by atoms with Gasteiger partial charge in [-0.25, -0.2) is 0 Å². The van der Waals surface area contributed by atoms with Crippen LogP contribution in [0, 0.1) is 13.8 Å². The van der Waals surface area contributed by atoms with Crippen LogP contribution in [-0.2, 0) is 0 Å². The summed E-state index contributed by atoms with van der Waals surface area (Å²) < 4.78 is 0. The van der Waals surface area contributed by atoms with Crippen molar-refractivity contribution >= 4 is 23.0 Å². The Labute approximate surface area is 152 Å². The molecule has 2 aliphatic rings. The molecule has 2 aliphatic heterocycles. The van der Waals surface area contributed by atoms with E-state index in [0.717, 1.165) is 22.9 Å². The molecular weight excluding hydrogens is 314 g/mol. The second kappa shape index (κ2) is 7.83. The third kappa shape index (κ3) is 4.09. The molecule has 2 atom stereocenters. The molecule has 2 heterocycles. The average molecular weight is 346 g/mol. The molecule has 4 heteroatoms. The van der Waals surface area contributed by atoms with Crippen LogP contribution in [0.5, 0.6) is 0 Å². The molecule has 1 aromatic rings. The first kappa shape index (κ1) is 17.7. The van der Waals surface area contributed by atoms with E-state index in [2.05, 4.69) is 54.5 Å². The number of nitrogens with one attached hydrogen (secondary N) is 2. The second-order valence-electron chi connectivity index (χ2n) is 7.56. The molecule has 0 aromatic heterocycles. The molecule has 0 amide bonds. The van der Waals surface area contributed by atoms with Gasteiger partial charge in [-0.2, -0.15) is 0 Å². The Kier molecular flexibility index (Phi) is 5.77. The van der Waals surface area contributed by atoms with E-state index in [1.807, 2.05) is 0 Å². The van der Waals surface area contributed by atoms with E-state index in [1.54, 1.807) is 0 Å². The van der Waals surface area contributed by atoms with Gasteiger partial charge in [0.1, 0.15) is 0 Å². The topological polar surface area (TPSA) is 27.3 Å². The molecular formula is C20H31N3S. The molecule has 2 fully saturated rings. The van der Waals surface area contributed by atoms with E-state index in [-0.39, 0.29) is 0 Å². The molecule has 1 aromatic carbocycles. The van der Waals surface area contributed by atoms with Gasteiger partial charge in [-0.05, 0) is 81.9 Å². The SMILES string of the molecule is CCCN1[C@H]2CCC[C@H]1CC(NC(=S)Nc1cc(C)ccc1C)C2. The number of thiocarbonyl (C=S) groups is 1. The lowest BCUT2D eigenvalue weighted by atomic mass is 9.81. The van der Waals surface area contributed by atoms with Crippen LogP contribution in [0.4, 0.5) is 5.69 Å². The molecule has 2 saturated heterocycles. The fourth-order valence-corrected chi connectivity index (χ4v) is 4.71. The van der Waals surface area contributed by atoms with Gasteiger partial charge < -0.3 is 10.6 Å². The van der Waals surface area contributed by atoms with Crippen molar-refractivity contribution in [1.82, 2.24) is 10.2 Å². The van der Waals surface area contributed by atoms with Crippen molar-refractivity contribution in [1.29, 1.82) is 0 Å². The lowest BCUT2D eigenvalue weighted by Gasteiger charge is -2.49. The summed E-state index contributed by atoms with van der Waals surface area (Å²) in [6.45, 7) is 7.79. The van der Waals surface area contributed by atoms with Crippen LogP contribution >= 0.6 is 12.2 Å². The quantitative estimate of drug-likeness (QED) is 0.792. The van der Waals surface area contributed by atoms with Crippen LogP contribution in [0.1, 0.15) is 56.6 Å². The summed E-state index contributed by atoms with van der Waals surface area (Å²) in [5.41, 5.74) is 3.61. The second-order valence-corrected chi connectivity index (χ2v) is 7.97. The number of nitrogens with zero attached hydrogens (tertiary/aromatic N) is 1. The molecule has 24 heavy (non-hydrogen) atoms. The number of piperidine rings is 2. The van der Waals surface area contributed by atoms with Gasteiger partial charge in [-0.1, -0.05) is 25.5 Å². The first-order valence-corrected chi connectivity index (χ1v) is 9.88. The number of rotatable bonds is 4. The summed E-state index contributed by atoms with van der Waals surface area (Å²) in [7, 11) is 0. The third-order valence-electron chi connectivity index (χ3n) is 5.58. The fourth-order valence-electron chi connectivity index (χ4n) is 4.43. The molecule has 132 valence electrons. The molecule has 0 radical (unpaired) electrons. The number of hydrogen-bond donors (Lipinski definition) is 2. The normalized spacial score (nSPS) is 26.9. The first-order chi connectivity index (χ1) is 11.6. The Hall–Kier alpha value is -1.13. The highest BCUT2D eigenvalue weighted by Crippen LogP contribution is 2.34. The van der Waals surface area contributed by atoms with Gasteiger partial charge in [-0.3, -0.25) is 4.90 Å². The van der Waals surface area contributed by atoms with Gasteiger partial charge >= 0.3 is 0 Å². The molecule has 3 rings (SSSR count). The zero-order chi connectivity index (χ0) is 17.1. The number of anilines is 1. The van der Waals surface area contributed by atoms with Crippen LogP contribution < -0.4 is 10.6 Å². The number of hydrogen-bond acceptors (Lipinski definition) is 2. The van der Waals surface area contributed by atoms with Crippen molar-refractivity contribution in [3.63, 3.8) is 0 Å². The Morgan fingerprint density at radius 3 is 2.58 bits per heavy atom. The van der Waals surface area contributed by atoms with Crippen LogP contribution in [-0.4, -0.2) is 34.7 Å². The third-order valence-corrected chi connectivity index (χ3v) is 5.80. The summed E-state index contributed by atoms with van der Waals surface area (Å²) in [4.78, 5) is 2.77. The smallest absolute Gasteiger partial charge is 0.171 e. The molecule has 2 N–H and O–H groups in total. The fraction of sp³-hybridized carbons (Fsp3) is 0.650. The zero-order valence-electron chi connectivity index (χ0n) is 15.3. The van der Waals surface area contributed by atoms with Crippen molar-refractivity contribution in [2.75, 3.05) is 11.9 Å². The minimum Gasteiger partial charge on any atom is -0.360 e. The highest BCUT2D eigenvalue weighted by molar-refractivity contribution is 7.80. The molecule has 0 spiro atoms. The molecule has 3 nitrogen and oxygen atoms in total. The standard InChI is InChI=1S/C20H31N3S/c1-4-10-23-17-6-5-7-18(23)13-16(12-17)21-20(24)22-19-11-14(2)8-9-15(19)3/h8-9,11,16-18H,4-7,10,12-13H2,1-3H3,(H2,21,22,24)/t17-,18-/m0/s1. The lowest BCUT2D eigenvalue weighted by molar-refractivity contribution is 0.0284. The Morgan fingerprint density at radius 2 is 1.92 bits per heavy atom. The molecule has 2 bridgehead atoms. The Morgan fingerprint density at radius 1 is 1.21 bits per heavy atom. The van der Waals surface area contributed by atoms with Crippen LogP contribution in [0.3, 0.4) is 0 Å². The van der Waals surface area contributed by atoms with Gasteiger partial charge in [0, 0.05) is 23.8 Å². The van der Waals surface area contributed by atoms with Crippen molar-refractivity contribution in [2.24, 2.45) is 0 Å². The van der Waals surface area contributed by atoms with E-state index < -0.39 is 0 Å². The highest BCUT2D eigenvalue weighted by Gasteiger charge is 2.37. The number of aryl methyl sites for hydroxylation is 2. The van der Waals surface area contributed by atoms with Crippen molar-refractivity contribution in [3.05, 3.63) is 29.3 Å². The van der Waals surface area contributed by atoms with Gasteiger partial charge in [0.15, 0.2) is 5.11 Å². The van der Waals surface area contributed by atoms with Crippen LogP contribution in [0.2, 0.25) is 0 Å². The average Bonchev–Trinajstić information content (AvgIpc) is 2.52.